The van der Waals surface area contributed by atoms with Crippen LogP contribution in [0.2, 0.25) is 0 Å². The summed E-state index contributed by atoms with van der Waals surface area (Å²) in [6.07, 6.45) is 2.97. The molecule has 3 N–H and O–H groups in total. The van der Waals surface area contributed by atoms with Crippen molar-refractivity contribution < 1.29 is 4.79 Å². The van der Waals surface area contributed by atoms with Gasteiger partial charge in [-0.25, -0.2) is 0 Å². The van der Waals surface area contributed by atoms with Gasteiger partial charge in [0.2, 0.25) is 5.91 Å². The Morgan fingerprint density at radius 3 is 2.74 bits per heavy atom. The number of amides is 1. The number of nitrogens with two attached hydrogens (primary N) is 1. The van der Waals surface area contributed by atoms with Crippen molar-refractivity contribution in [3.8, 4) is 0 Å². The number of carbonyl (C=O) groups excluding carboxylic acids is 1. The standard InChI is InChI=1S/C15H19N3O/c1-11-13(17-10-15(16)19)8-5-9-14(11)18-12-6-3-2-4-7-12/h2-4,6-7,18H,5,8-10H2,1H3,(H2,16,19). The molecule has 0 fully saturated rings. The molecule has 0 saturated carbocycles. The van der Waals surface area contributed by atoms with E-state index in [1.165, 1.54) is 5.70 Å². The molecule has 0 unspecified atom stereocenters. The first kappa shape index (κ1) is 13.3. The lowest BCUT2D eigenvalue weighted by Crippen LogP contribution is -2.19. The number of para-hydroxylation sites is 1. The Labute approximate surface area is 113 Å². The van der Waals surface area contributed by atoms with E-state index >= 15 is 0 Å². The van der Waals surface area contributed by atoms with Crippen molar-refractivity contribution in [1.82, 2.24) is 0 Å². The predicted octanol–water partition coefficient (Wildman–Crippen LogP) is 2.48. The van der Waals surface area contributed by atoms with E-state index in [0.717, 1.165) is 36.2 Å². The van der Waals surface area contributed by atoms with Crippen molar-refractivity contribution in [2.75, 3.05) is 11.9 Å². The molecule has 0 bridgehead atoms. The first-order valence-corrected chi connectivity index (χ1v) is 6.50. The van der Waals surface area contributed by atoms with Gasteiger partial charge in [0.25, 0.3) is 0 Å². The van der Waals surface area contributed by atoms with Crippen LogP contribution in [0, 0.1) is 0 Å². The topological polar surface area (TPSA) is 67.5 Å². The molecule has 0 aromatic heterocycles. The molecule has 19 heavy (non-hydrogen) atoms. The molecule has 0 spiro atoms. The lowest BCUT2D eigenvalue weighted by molar-refractivity contribution is -0.116. The monoisotopic (exact) mass is 257 g/mol. The van der Waals surface area contributed by atoms with Crippen LogP contribution < -0.4 is 11.1 Å². The number of nitrogens with one attached hydrogen (secondary N) is 1. The molecule has 1 aliphatic carbocycles. The van der Waals surface area contributed by atoms with Crippen molar-refractivity contribution in [2.24, 2.45) is 10.7 Å². The zero-order valence-corrected chi connectivity index (χ0v) is 11.1. The molecule has 0 heterocycles. The fourth-order valence-corrected chi connectivity index (χ4v) is 2.20. The lowest BCUT2D eigenvalue weighted by atomic mass is 9.95. The van der Waals surface area contributed by atoms with Crippen LogP contribution in [0.25, 0.3) is 0 Å². The minimum Gasteiger partial charge on any atom is -0.368 e. The summed E-state index contributed by atoms with van der Waals surface area (Å²) in [7, 11) is 0. The minimum absolute atomic E-state index is 0.0747. The van der Waals surface area contributed by atoms with Gasteiger partial charge < -0.3 is 11.1 Å². The summed E-state index contributed by atoms with van der Waals surface area (Å²) in [5, 5.41) is 3.43. The van der Waals surface area contributed by atoms with E-state index in [1.807, 2.05) is 37.3 Å². The molecule has 0 atom stereocenters. The van der Waals surface area contributed by atoms with Crippen LogP contribution in [0.5, 0.6) is 0 Å². The summed E-state index contributed by atoms with van der Waals surface area (Å²) < 4.78 is 0. The summed E-state index contributed by atoms with van der Waals surface area (Å²) in [5.74, 6) is -0.386. The van der Waals surface area contributed by atoms with Crippen LogP contribution in [0.4, 0.5) is 5.69 Å². The second-order valence-electron chi connectivity index (χ2n) is 4.68. The Balaban J connectivity index is 2.16. The van der Waals surface area contributed by atoms with Crippen LogP contribution in [0.15, 0.2) is 46.6 Å². The van der Waals surface area contributed by atoms with E-state index in [4.69, 9.17) is 5.73 Å². The lowest BCUT2D eigenvalue weighted by Gasteiger charge is -2.21. The SMILES string of the molecule is CC1=C(Nc2ccccc2)CCCC1=NCC(N)=O. The van der Waals surface area contributed by atoms with E-state index in [-0.39, 0.29) is 12.5 Å². The number of hydrogen-bond donors (Lipinski definition) is 2. The molecule has 0 aliphatic heterocycles. The highest BCUT2D eigenvalue weighted by Gasteiger charge is 2.15. The third-order valence-corrected chi connectivity index (χ3v) is 3.22. The fourth-order valence-electron chi connectivity index (χ4n) is 2.20. The maximum atomic E-state index is 10.8. The number of benzene rings is 1. The summed E-state index contributed by atoms with van der Waals surface area (Å²) in [5.41, 5.74) is 9.52. The van der Waals surface area contributed by atoms with Gasteiger partial charge in [-0.2, -0.15) is 0 Å². The van der Waals surface area contributed by atoms with Crippen LogP contribution >= 0.6 is 0 Å². The fraction of sp³-hybridized carbons (Fsp3) is 0.333. The Morgan fingerprint density at radius 2 is 2.05 bits per heavy atom. The highest BCUT2D eigenvalue weighted by Crippen LogP contribution is 2.24. The number of carbonyl (C=O) groups is 1. The number of rotatable bonds is 4. The normalized spacial score (nSPS) is 17.6. The number of anilines is 1. The highest BCUT2D eigenvalue weighted by atomic mass is 16.1. The third kappa shape index (κ3) is 3.68. The average Bonchev–Trinajstić information content (AvgIpc) is 2.41. The molecule has 1 amide bonds. The van der Waals surface area contributed by atoms with Gasteiger partial charge >= 0.3 is 0 Å². The van der Waals surface area contributed by atoms with Crippen LogP contribution in [0.1, 0.15) is 26.2 Å². The average molecular weight is 257 g/mol. The van der Waals surface area contributed by atoms with Gasteiger partial charge in [0.05, 0.1) is 0 Å². The first-order chi connectivity index (χ1) is 9.16. The van der Waals surface area contributed by atoms with Crippen molar-refractivity contribution in [3.63, 3.8) is 0 Å². The second-order valence-corrected chi connectivity index (χ2v) is 4.68. The van der Waals surface area contributed by atoms with Crippen molar-refractivity contribution >= 4 is 17.3 Å². The molecule has 1 aromatic carbocycles. The van der Waals surface area contributed by atoms with E-state index in [9.17, 15) is 4.79 Å². The molecule has 1 aromatic rings. The van der Waals surface area contributed by atoms with Gasteiger partial charge in [-0.3, -0.25) is 9.79 Å². The molecule has 0 radical (unpaired) electrons. The zero-order chi connectivity index (χ0) is 13.7. The molecule has 2 rings (SSSR count). The molecule has 1 aliphatic rings. The van der Waals surface area contributed by atoms with Crippen LogP contribution in [-0.4, -0.2) is 18.2 Å². The van der Waals surface area contributed by atoms with E-state index < -0.39 is 0 Å². The maximum absolute atomic E-state index is 10.8. The first-order valence-electron chi connectivity index (χ1n) is 6.50. The molecule has 100 valence electrons. The highest BCUT2D eigenvalue weighted by molar-refractivity contribution is 6.02. The molecule has 0 saturated heterocycles. The smallest absolute Gasteiger partial charge is 0.239 e. The van der Waals surface area contributed by atoms with Crippen molar-refractivity contribution in [1.29, 1.82) is 0 Å². The summed E-state index contributed by atoms with van der Waals surface area (Å²) in [6, 6.07) is 10.1. The zero-order valence-electron chi connectivity index (χ0n) is 11.1. The van der Waals surface area contributed by atoms with E-state index in [0.29, 0.717) is 0 Å². The molecule has 4 nitrogen and oxygen atoms in total. The van der Waals surface area contributed by atoms with E-state index in [1.54, 1.807) is 0 Å². The Hall–Kier alpha value is -2.10. The number of aliphatic imine (C=N–C) groups is 1. The van der Waals surface area contributed by atoms with Gasteiger partial charge in [0.15, 0.2) is 0 Å². The number of hydrogen-bond acceptors (Lipinski definition) is 3. The predicted molar refractivity (Wildman–Crippen MR) is 78.1 cm³/mol. The summed E-state index contributed by atoms with van der Waals surface area (Å²) in [4.78, 5) is 15.1. The Kier molecular flexibility index (Phi) is 4.34. The van der Waals surface area contributed by atoms with Gasteiger partial charge in [0.1, 0.15) is 6.54 Å². The number of allylic oxidation sites excluding steroid dienone is 2. The summed E-state index contributed by atoms with van der Waals surface area (Å²) in [6.45, 7) is 2.12. The number of primary amides is 1. The molecular weight excluding hydrogens is 238 g/mol. The van der Waals surface area contributed by atoms with Crippen LogP contribution in [-0.2, 0) is 4.79 Å². The van der Waals surface area contributed by atoms with Crippen molar-refractivity contribution in [2.45, 2.75) is 26.2 Å². The number of nitrogens with zero attached hydrogens (tertiary/aromatic N) is 1. The van der Waals surface area contributed by atoms with E-state index in [2.05, 4.69) is 10.3 Å². The quantitative estimate of drug-likeness (QED) is 0.870. The maximum Gasteiger partial charge on any atom is 0.239 e. The Morgan fingerprint density at radius 1 is 1.32 bits per heavy atom. The van der Waals surface area contributed by atoms with Gasteiger partial charge in [-0.1, -0.05) is 18.2 Å². The third-order valence-electron chi connectivity index (χ3n) is 3.22. The molecule has 4 heteroatoms. The van der Waals surface area contributed by atoms with Crippen LogP contribution in [0.3, 0.4) is 0 Å². The summed E-state index contributed by atoms with van der Waals surface area (Å²) >= 11 is 0. The largest absolute Gasteiger partial charge is 0.368 e. The van der Waals surface area contributed by atoms with Gasteiger partial charge in [-0.15, -0.1) is 0 Å². The molecular formula is C15H19N3O. The van der Waals surface area contributed by atoms with Crippen molar-refractivity contribution in [3.05, 3.63) is 41.6 Å². The second kappa shape index (κ2) is 6.18. The van der Waals surface area contributed by atoms with Gasteiger partial charge in [-0.05, 0) is 43.9 Å². The minimum atomic E-state index is -0.386. The van der Waals surface area contributed by atoms with Gasteiger partial charge in [0, 0.05) is 17.1 Å². The Bertz CT molecular complexity index is 517.